The van der Waals surface area contributed by atoms with Gasteiger partial charge in [-0.2, -0.15) is 12.8 Å². The van der Waals surface area contributed by atoms with Crippen LogP contribution in [0.15, 0.2) is 70.4 Å². The number of pyridine rings is 1. The van der Waals surface area contributed by atoms with E-state index in [1.807, 2.05) is 37.3 Å². The Balaban J connectivity index is 1.51. The van der Waals surface area contributed by atoms with Gasteiger partial charge in [0.05, 0.1) is 33.1 Å². The first-order valence-corrected chi connectivity index (χ1v) is 13.3. The van der Waals surface area contributed by atoms with Crippen molar-refractivity contribution in [2.45, 2.75) is 17.9 Å². The minimum Gasteiger partial charge on any atom is -0.277 e. The Morgan fingerprint density at radius 1 is 1.12 bits per heavy atom. The van der Waals surface area contributed by atoms with Crippen molar-refractivity contribution in [2.24, 2.45) is 0 Å². The Morgan fingerprint density at radius 3 is 2.65 bits per heavy atom. The molecule has 0 fully saturated rings. The van der Waals surface area contributed by atoms with Gasteiger partial charge in [-0.1, -0.05) is 53.2 Å². The smallest absolute Gasteiger partial charge is 0.277 e. The van der Waals surface area contributed by atoms with Crippen molar-refractivity contribution in [3.63, 3.8) is 0 Å². The molecule has 0 radical (unpaired) electrons. The minimum absolute atomic E-state index is 0.0135. The van der Waals surface area contributed by atoms with E-state index in [0.29, 0.717) is 14.6 Å². The molecule has 0 spiro atoms. The number of carbonyl (C=O) groups excluding carboxylic acids is 2. The molecule has 172 valence electrons. The number of amides is 2. The highest BCUT2D eigenvalue weighted by atomic mass is 79.9. The average molecular weight is 557 g/mol. The zero-order valence-corrected chi connectivity index (χ0v) is 20.9. The molecule has 11 heteroatoms. The van der Waals surface area contributed by atoms with Crippen LogP contribution in [0.2, 0.25) is 0 Å². The molecule has 0 saturated heterocycles. The molecule has 3 heterocycles. The number of aromatic nitrogens is 2. The van der Waals surface area contributed by atoms with Crippen LogP contribution in [0.4, 0.5) is 5.69 Å². The van der Waals surface area contributed by atoms with Gasteiger partial charge in [-0.3, -0.25) is 19.2 Å². The van der Waals surface area contributed by atoms with Crippen molar-refractivity contribution in [2.75, 3.05) is 11.3 Å². The largest absolute Gasteiger partial charge is 0.280 e. The summed E-state index contributed by atoms with van der Waals surface area (Å²) in [4.78, 5) is 31.7. The van der Waals surface area contributed by atoms with Gasteiger partial charge in [0.15, 0.2) is 5.03 Å². The molecule has 34 heavy (non-hydrogen) atoms. The fourth-order valence-electron chi connectivity index (χ4n) is 3.96. The fraction of sp³-hybridized carbons (Fsp3) is 0.130. The normalized spacial score (nSPS) is 14.5. The molecule has 0 unspecified atom stereocenters. The minimum atomic E-state index is -4.17. The maximum atomic E-state index is 13.3. The molecule has 0 aliphatic carbocycles. The van der Waals surface area contributed by atoms with Crippen molar-refractivity contribution in [3.05, 3.63) is 82.1 Å². The van der Waals surface area contributed by atoms with Crippen LogP contribution in [0, 0.1) is 0 Å². The number of hydrogen-bond donors (Lipinski definition) is 1. The first kappa shape index (κ1) is 22.6. The number of fused-ring (bicyclic) bond motifs is 2. The number of benzene rings is 2. The van der Waals surface area contributed by atoms with Crippen molar-refractivity contribution < 1.29 is 18.0 Å². The highest BCUT2D eigenvalue weighted by Gasteiger charge is 2.39. The van der Waals surface area contributed by atoms with Gasteiger partial charge in [0.1, 0.15) is 0 Å². The third kappa shape index (κ3) is 3.89. The number of carbonyl (C=O) groups is 2. The van der Waals surface area contributed by atoms with Crippen molar-refractivity contribution in [1.29, 1.82) is 0 Å². The van der Waals surface area contributed by atoms with Crippen LogP contribution in [0.25, 0.3) is 10.1 Å². The van der Waals surface area contributed by atoms with Crippen LogP contribution in [-0.2, 0) is 10.0 Å². The zero-order chi connectivity index (χ0) is 24.0. The molecule has 1 N–H and O–H groups in total. The van der Waals surface area contributed by atoms with Gasteiger partial charge in [-0.15, -0.1) is 0 Å². The lowest BCUT2D eigenvalue weighted by Crippen LogP contribution is -2.33. The molecule has 5 rings (SSSR count). The average Bonchev–Trinajstić information content (AvgIpc) is 3.38. The maximum absolute atomic E-state index is 13.3. The summed E-state index contributed by atoms with van der Waals surface area (Å²) in [5.41, 5.74) is 1.16. The summed E-state index contributed by atoms with van der Waals surface area (Å²) < 4.78 is 34.1. The third-order valence-electron chi connectivity index (χ3n) is 5.61. The van der Waals surface area contributed by atoms with E-state index in [0.717, 1.165) is 22.0 Å². The van der Waals surface area contributed by atoms with Gasteiger partial charge in [-0.05, 0) is 41.2 Å². The summed E-state index contributed by atoms with van der Waals surface area (Å²) >= 11 is 4.48. The molecule has 1 aliphatic heterocycles. The fourth-order valence-corrected chi connectivity index (χ4v) is 6.33. The van der Waals surface area contributed by atoms with Crippen LogP contribution < -0.4 is 4.72 Å². The second-order valence-corrected chi connectivity index (χ2v) is 11.2. The molecule has 0 bridgehead atoms. The summed E-state index contributed by atoms with van der Waals surface area (Å²) in [6.07, 6.45) is 2.83. The predicted octanol–water partition coefficient (Wildman–Crippen LogP) is 4.65. The van der Waals surface area contributed by atoms with Crippen LogP contribution >= 0.6 is 27.5 Å². The highest BCUT2D eigenvalue weighted by Crippen LogP contribution is 2.35. The number of nitrogens with zero attached hydrogens (tertiary/aromatic N) is 3. The third-order valence-corrected chi connectivity index (χ3v) is 8.15. The Kier molecular flexibility index (Phi) is 5.70. The molecule has 2 aromatic carbocycles. The van der Waals surface area contributed by atoms with Crippen LogP contribution in [0.3, 0.4) is 0 Å². The SMILES string of the molecule is C[C@H](CN1C(=O)c2cc(Br)cc(NS(=O)(=O)c3nccc4sncc34)c2C1=O)c1ccccc1. The molecule has 1 atom stereocenters. The Labute approximate surface area is 208 Å². The second kappa shape index (κ2) is 8.57. The standard InChI is InChI=1S/C23H17BrN4O4S2/c1-13(14-5-3-2-4-6-14)12-28-22(29)16-9-15(24)10-18(20(16)23(28)30)27-34(31,32)21-17-11-26-33-19(17)7-8-25-21/h2-11,13,27H,12H2,1H3/t13-/m1/s1. The second-order valence-electron chi connectivity index (χ2n) is 7.87. The Hall–Kier alpha value is -3.15. The van der Waals surface area contributed by atoms with Gasteiger partial charge in [0.2, 0.25) is 0 Å². The Morgan fingerprint density at radius 2 is 1.88 bits per heavy atom. The Bertz CT molecular complexity index is 1550. The lowest BCUT2D eigenvalue weighted by Gasteiger charge is -2.19. The summed E-state index contributed by atoms with van der Waals surface area (Å²) in [5, 5.41) is 0.186. The summed E-state index contributed by atoms with van der Waals surface area (Å²) in [7, 11) is -4.17. The predicted molar refractivity (Wildman–Crippen MR) is 133 cm³/mol. The van der Waals surface area contributed by atoms with E-state index in [9.17, 15) is 18.0 Å². The summed E-state index contributed by atoms with van der Waals surface area (Å²) in [5.74, 6) is -1.11. The number of anilines is 1. The number of rotatable bonds is 6. The van der Waals surface area contributed by atoms with Crippen molar-refractivity contribution >= 4 is 65.1 Å². The van der Waals surface area contributed by atoms with Crippen LogP contribution in [-0.4, -0.2) is 41.0 Å². The monoisotopic (exact) mass is 556 g/mol. The van der Waals surface area contributed by atoms with E-state index in [2.05, 4.69) is 30.0 Å². The zero-order valence-electron chi connectivity index (χ0n) is 17.7. The maximum Gasteiger partial charge on any atom is 0.280 e. The number of nitrogens with one attached hydrogen (secondary N) is 1. The lowest BCUT2D eigenvalue weighted by atomic mass is 10.0. The number of halogens is 1. The molecular formula is C23H17BrN4O4S2. The number of sulfonamides is 1. The van der Waals surface area contributed by atoms with Crippen LogP contribution in [0.1, 0.15) is 39.1 Å². The van der Waals surface area contributed by atoms with E-state index in [1.54, 1.807) is 6.07 Å². The van der Waals surface area contributed by atoms with Crippen molar-refractivity contribution in [3.8, 4) is 0 Å². The van der Waals surface area contributed by atoms with E-state index in [4.69, 9.17) is 0 Å². The van der Waals surface area contributed by atoms with E-state index < -0.39 is 21.8 Å². The lowest BCUT2D eigenvalue weighted by molar-refractivity contribution is 0.0647. The first-order valence-electron chi connectivity index (χ1n) is 10.2. The molecule has 4 aromatic rings. The number of imide groups is 1. The molecule has 0 saturated carbocycles. The molecule has 2 aromatic heterocycles. The summed E-state index contributed by atoms with van der Waals surface area (Å²) in [6.45, 7) is 2.10. The van der Waals surface area contributed by atoms with E-state index in [-0.39, 0.29) is 34.3 Å². The van der Waals surface area contributed by atoms with Gasteiger partial charge >= 0.3 is 0 Å². The quantitative estimate of drug-likeness (QED) is 0.346. The van der Waals surface area contributed by atoms with Gasteiger partial charge < -0.3 is 0 Å². The molecular weight excluding hydrogens is 540 g/mol. The van der Waals surface area contributed by atoms with Gasteiger partial charge in [0, 0.05) is 17.2 Å². The molecule has 1 aliphatic rings. The first-order chi connectivity index (χ1) is 16.3. The van der Waals surface area contributed by atoms with Gasteiger partial charge in [0.25, 0.3) is 21.8 Å². The van der Waals surface area contributed by atoms with E-state index >= 15 is 0 Å². The number of hydrogen-bond acceptors (Lipinski definition) is 7. The molecule has 2 amide bonds. The van der Waals surface area contributed by atoms with Crippen LogP contribution in [0.5, 0.6) is 0 Å². The van der Waals surface area contributed by atoms with E-state index in [1.165, 1.54) is 24.5 Å². The van der Waals surface area contributed by atoms with Crippen molar-refractivity contribution in [1.82, 2.24) is 14.3 Å². The highest BCUT2D eigenvalue weighted by molar-refractivity contribution is 9.10. The topological polar surface area (TPSA) is 109 Å². The molecule has 8 nitrogen and oxygen atoms in total. The summed E-state index contributed by atoms with van der Waals surface area (Å²) in [6, 6.07) is 14.2. The van der Waals surface area contributed by atoms with Gasteiger partial charge in [-0.25, -0.2) is 4.98 Å².